The quantitative estimate of drug-likeness (QED) is 0.602. The van der Waals surface area contributed by atoms with E-state index >= 15 is 0 Å². The van der Waals surface area contributed by atoms with Gasteiger partial charge in [-0.25, -0.2) is 0 Å². The molecule has 0 nitrogen and oxygen atoms in total. The second-order valence-electron chi connectivity index (χ2n) is 5.13. The third-order valence-corrected chi connectivity index (χ3v) is 3.56. The maximum absolute atomic E-state index is 3.28. The number of rotatable bonds is 2. The molecule has 0 saturated heterocycles. The summed E-state index contributed by atoms with van der Waals surface area (Å²) in [7, 11) is 0. The van der Waals surface area contributed by atoms with Crippen LogP contribution in [0.4, 0.5) is 0 Å². The van der Waals surface area contributed by atoms with Gasteiger partial charge in [-0.3, -0.25) is 0 Å². The van der Waals surface area contributed by atoms with E-state index in [4.69, 9.17) is 0 Å². The summed E-state index contributed by atoms with van der Waals surface area (Å²) in [6, 6.07) is 20.7. The fourth-order valence-corrected chi connectivity index (χ4v) is 2.44. The third-order valence-electron chi connectivity index (χ3n) is 3.56. The average Bonchev–Trinajstić information content (AvgIpc) is 3.31. The first kappa shape index (κ1) is 23.6. The van der Waals surface area contributed by atoms with Crippen molar-refractivity contribution in [3.8, 4) is 0 Å². The number of allylic oxidation sites excluding steroid dienone is 8. The molecule has 2 aromatic carbocycles. The molecule has 2 aliphatic carbocycles. The number of benzene rings is 2. The second kappa shape index (κ2) is 12.9. The van der Waals surface area contributed by atoms with Gasteiger partial charge in [0.2, 0.25) is 0 Å². The molecule has 0 saturated carbocycles. The Bertz CT molecular complexity index is 664. The monoisotopic (exact) mass is 403 g/mol. The van der Waals surface area contributed by atoms with Gasteiger partial charge in [-0.05, 0) is 0 Å². The van der Waals surface area contributed by atoms with Crippen LogP contribution in [0.2, 0.25) is 0 Å². The molecule has 1 radical (unpaired) electrons. The van der Waals surface area contributed by atoms with Gasteiger partial charge in [0.25, 0.3) is 0 Å². The molecule has 2 aliphatic rings. The molecule has 25 heavy (non-hydrogen) atoms. The Balaban J connectivity index is 0.000000411. The van der Waals surface area contributed by atoms with Gasteiger partial charge in [0, 0.05) is 0 Å². The zero-order chi connectivity index (χ0) is 15.0. The summed E-state index contributed by atoms with van der Waals surface area (Å²) < 4.78 is 0. The zero-order valence-corrected chi connectivity index (χ0v) is 16.6. The second-order valence-corrected chi connectivity index (χ2v) is 5.13. The van der Waals surface area contributed by atoms with Crippen LogP contribution in [0.3, 0.4) is 0 Å². The van der Waals surface area contributed by atoms with E-state index in [0.717, 1.165) is 12.8 Å². The number of halogens is 2. The summed E-state index contributed by atoms with van der Waals surface area (Å²) in [5, 5.41) is 0. The van der Waals surface area contributed by atoms with Gasteiger partial charge in [-0.15, -0.1) is 47.5 Å². The topological polar surface area (TPSA) is 0 Å². The van der Waals surface area contributed by atoms with Crippen LogP contribution >= 0.6 is 0 Å². The molecule has 0 aromatic heterocycles. The van der Waals surface area contributed by atoms with Crippen molar-refractivity contribution in [3.63, 3.8) is 0 Å². The molecule has 125 valence electrons. The molecule has 0 heterocycles. The summed E-state index contributed by atoms with van der Waals surface area (Å²) >= 11 is 0. The first-order valence-corrected chi connectivity index (χ1v) is 7.59. The van der Waals surface area contributed by atoms with Crippen molar-refractivity contribution in [2.24, 2.45) is 0 Å². The van der Waals surface area contributed by atoms with Gasteiger partial charge < -0.3 is 24.8 Å². The number of hydrogen-bond acceptors (Lipinski definition) is 0. The molecule has 0 fully saturated rings. The molecule has 4 rings (SSSR count). The van der Waals surface area contributed by atoms with Crippen molar-refractivity contribution < 1.29 is 43.4 Å². The Morgan fingerprint density at radius 3 is 1.20 bits per heavy atom. The SMILES string of the molecule is [C-]1=C(c2ccccc2)C=CC1.[C-]1=C(c2ccccc2)C=CC1.[Cl-].[Cl-].[V+4]. The van der Waals surface area contributed by atoms with Crippen LogP contribution in [0.1, 0.15) is 24.0 Å². The van der Waals surface area contributed by atoms with Crippen molar-refractivity contribution in [2.75, 3.05) is 0 Å². The third kappa shape index (κ3) is 7.14. The Kier molecular flexibility index (Phi) is 12.1. The molecule has 0 unspecified atom stereocenters. The van der Waals surface area contributed by atoms with Crippen molar-refractivity contribution in [1.29, 1.82) is 0 Å². The molecule has 0 spiro atoms. The summed E-state index contributed by atoms with van der Waals surface area (Å²) in [5.41, 5.74) is 4.98. The molecule has 2 aromatic rings. The zero-order valence-electron chi connectivity index (χ0n) is 13.7. The van der Waals surface area contributed by atoms with E-state index in [2.05, 4.69) is 85.0 Å². The Morgan fingerprint density at radius 2 is 0.920 bits per heavy atom. The average molecular weight is 404 g/mol. The van der Waals surface area contributed by atoms with Crippen molar-refractivity contribution >= 4 is 11.1 Å². The Hall–Kier alpha value is -1.44. The van der Waals surface area contributed by atoms with Gasteiger partial charge in [-0.2, -0.15) is 35.5 Å². The van der Waals surface area contributed by atoms with E-state index in [0.29, 0.717) is 0 Å². The van der Waals surface area contributed by atoms with Crippen LogP contribution in [-0.2, 0) is 18.6 Å². The van der Waals surface area contributed by atoms with E-state index in [9.17, 15) is 0 Å². The van der Waals surface area contributed by atoms with Crippen LogP contribution in [0.5, 0.6) is 0 Å². The smallest absolute Gasteiger partial charge is 1.00 e. The maximum Gasteiger partial charge on any atom is 4.00 e. The van der Waals surface area contributed by atoms with Crippen LogP contribution in [-0.4, -0.2) is 0 Å². The van der Waals surface area contributed by atoms with Crippen LogP contribution in [0, 0.1) is 12.2 Å². The van der Waals surface area contributed by atoms with E-state index in [1.807, 2.05) is 12.1 Å². The molecule has 0 aliphatic heterocycles. The molecular formula is C22H18Cl2V. The first-order valence-electron chi connectivity index (χ1n) is 7.59. The Labute approximate surface area is 175 Å². The standard InChI is InChI=1S/2C11H9.2ClH.V/c2*1-2-6-10(7-3-1)11-8-4-5-9-11;;;/h2*1-4,6-8H,5H2;2*1H;/q2*-1;;;+4/p-2. The molecule has 0 bridgehead atoms. The molecular weight excluding hydrogens is 386 g/mol. The fraction of sp³-hybridized carbons (Fsp3) is 0.0909. The molecule has 3 heteroatoms. The summed E-state index contributed by atoms with van der Waals surface area (Å²) in [4.78, 5) is 0. The minimum absolute atomic E-state index is 0. The van der Waals surface area contributed by atoms with Gasteiger partial charge in [-0.1, -0.05) is 49.2 Å². The predicted molar refractivity (Wildman–Crippen MR) is 93.7 cm³/mol. The normalized spacial score (nSPS) is 13.3. The van der Waals surface area contributed by atoms with Crippen LogP contribution in [0.25, 0.3) is 11.1 Å². The predicted octanol–water partition coefficient (Wildman–Crippen LogP) is -0.328. The van der Waals surface area contributed by atoms with Crippen molar-refractivity contribution in [1.82, 2.24) is 0 Å². The summed E-state index contributed by atoms with van der Waals surface area (Å²) in [5.74, 6) is 0. The Morgan fingerprint density at radius 1 is 0.560 bits per heavy atom. The van der Waals surface area contributed by atoms with Crippen molar-refractivity contribution in [3.05, 3.63) is 108 Å². The van der Waals surface area contributed by atoms with Gasteiger partial charge in [0.05, 0.1) is 0 Å². The number of hydrogen-bond donors (Lipinski definition) is 0. The fourth-order valence-electron chi connectivity index (χ4n) is 2.44. The van der Waals surface area contributed by atoms with E-state index < -0.39 is 0 Å². The molecule has 0 atom stereocenters. The minimum Gasteiger partial charge on any atom is -1.00 e. The van der Waals surface area contributed by atoms with Gasteiger partial charge in [0.1, 0.15) is 0 Å². The largest absolute Gasteiger partial charge is 4.00 e. The minimum atomic E-state index is 0. The van der Waals surface area contributed by atoms with E-state index in [1.54, 1.807) is 0 Å². The van der Waals surface area contributed by atoms with Crippen LogP contribution in [0.15, 0.2) is 85.0 Å². The summed E-state index contributed by atoms with van der Waals surface area (Å²) in [6.45, 7) is 0. The molecule has 0 N–H and O–H groups in total. The maximum atomic E-state index is 3.28. The van der Waals surface area contributed by atoms with Crippen molar-refractivity contribution in [2.45, 2.75) is 12.8 Å². The van der Waals surface area contributed by atoms with E-state index in [1.165, 1.54) is 22.3 Å². The molecule has 0 amide bonds. The van der Waals surface area contributed by atoms with Crippen LogP contribution < -0.4 is 24.8 Å². The first-order chi connectivity index (χ1) is 10.9. The van der Waals surface area contributed by atoms with E-state index in [-0.39, 0.29) is 43.4 Å². The van der Waals surface area contributed by atoms with Gasteiger partial charge >= 0.3 is 18.6 Å². The summed E-state index contributed by atoms with van der Waals surface area (Å²) in [6.07, 6.45) is 17.0. The van der Waals surface area contributed by atoms with Gasteiger partial charge in [0.15, 0.2) is 0 Å².